The zero-order valence-corrected chi connectivity index (χ0v) is 9.24. The van der Waals surface area contributed by atoms with Crippen LogP contribution in [0.4, 0.5) is 0 Å². The highest BCUT2D eigenvalue weighted by Gasteiger charge is 2.03. The smallest absolute Gasteiger partial charge is 0.333 e. The van der Waals surface area contributed by atoms with Crippen molar-refractivity contribution in [1.82, 2.24) is 5.32 Å². The second kappa shape index (κ2) is 8.08. The first kappa shape index (κ1) is 15.0. The summed E-state index contributed by atoms with van der Waals surface area (Å²) in [5.41, 5.74) is 0.451. The highest BCUT2D eigenvalue weighted by Crippen LogP contribution is 1.95. The highest BCUT2D eigenvalue weighted by atomic mass is 35.5. The van der Waals surface area contributed by atoms with Gasteiger partial charge in [0.25, 0.3) is 0 Å². The van der Waals surface area contributed by atoms with Crippen molar-refractivity contribution in [3.63, 3.8) is 0 Å². The molecule has 4 heteroatoms. The van der Waals surface area contributed by atoms with Gasteiger partial charge in [0.15, 0.2) is 0 Å². The Morgan fingerprint density at radius 1 is 1.62 bits per heavy atom. The molecule has 0 bridgehead atoms. The van der Waals surface area contributed by atoms with Crippen LogP contribution in [0.1, 0.15) is 20.3 Å². The van der Waals surface area contributed by atoms with E-state index in [2.05, 4.69) is 11.9 Å². The van der Waals surface area contributed by atoms with Gasteiger partial charge in [-0.25, -0.2) is 4.79 Å². The maximum absolute atomic E-state index is 10.9. The topological polar surface area (TPSA) is 38.3 Å². The molecule has 0 heterocycles. The van der Waals surface area contributed by atoms with Gasteiger partial charge in [0.05, 0.1) is 6.61 Å². The molecule has 1 unspecified atom stereocenters. The van der Waals surface area contributed by atoms with Crippen molar-refractivity contribution in [1.29, 1.82) is 0 Å². The fourth-order valence-corrected chi connectivity index (χ4v) is 0.596. The first-order valence-electron chi connectivity index (χ1n) is 4.07. The minimum absolute atomic E-state index is 0. The van der Waals surface area contributed by atoms with Crippen LogP contribution in [0.2, 0.25) is 0 Å². The van der Waals surface area contributed by atoms with E-state index in [9.17, 15) is 4.79 Å². The summed E-state index contributed by atoms with van der Waals surface area (Å²) in [5, 5.41) is 3.05. The Morgan fingerprint density at radius 3 is 2.54 bits per heavy atom. The molecule has 0 saturated heterocycles. The van der Waals surface area contributed by atoms with Gasteiger partial charge >= 0.3 is 5.97 Å². The van der Waals surface area contributed by atoms with Gasteiger partial charge in [-0.2, -0.15) is 0 Å². The van der Waals surface area contributed by atoms with Crippen LogP contribution in [0.25, 0.3) is 0 Å². The molecule has 13 heavy (non-hydrogen) atoms. The Balaban J connectivity index is 0. The third kappa shape index (κ3) is 7.81. The number of hydrogen-bond acceptors (Lipinski definition) is 3. The lowest BCUT2D eigenvalue weighted by atomic mass is 10.2. The number of halogens is 1. The average Bonchev–Trinajstić information content (AvgIpc) is 2.03. The van der Waals surface area contributed by atoms with Crippen LogP contribution in [0, 0.1) is 0 Å². The molecule has 0 aliphatic rings. The largest absolute Gasteiger partial charge is 0.462 e. The second-order valence-electron chi connectivity index (χ2n) is 2.89. The lowest BCUT2D eigenvalue weighted by Gasteiger charge is -2.09. The highest BCUT2D eigenvalue weighted by molar-refractivity contribution is 5.86. The van der Waals surface area contributed by atoms with E-state index >= 15 is 0 Å². The van der Waals surface area contributed by atoms with Gasteiger partial charge < -0.3 is 10.1 Å². The minimum Gasteiger partial charge on any atom is -0.462 e. The quantitative estimate of drug-likeness (QED) is 0.549. The fourth-order valence-electron chi connectivity index (χ4n) is 0.596. The third-order valence-electron chi connectivity index (χ3n) is 1.63. The van der Waals surface area contributed by atoms with Crippen molar-refractivity contribution in [2.24, 2.45) is 0 Å². The molecule has 0 aromatic carbocycles. The van der Waals surface area contributed by atoms with Crippen LogP contribution in [0.5, 0.6) is 0 Å². The summed E-state index contributed by atoms with van der Waals surface area (Å²) in [4.78, 5) is 10.9. The Morgan fingerprint density at radius 2 is 2.15 bits per heavy atom. The predicted octanol–water partition coefficient (Wildman–Crippen LogP) is 1.53. The first-order valence-corrected chi connectivity index (χ1v) is 4.07. The van der Waals surface area contributed by atoms with Gasteiger partial charge in [0, 0.05) is 11.6 Å². The van der Waals surface area contributed by atoms with Crippen molar-refractivity contribution < 1.29 is 9.53 Å². The summed E-state index contributed by atoms with van der Waals surface area (Å²) >= 11 is 0. The van der Waals surface area contributed by atoms with Gasteiger partial charge in [0.2, 0.25) is 0 Å². The monoisotopic (exact) mass is 207 g/mol. The summed E-state index contributed by atoms with van der Waals surface area (Å²) in [6.07, 6.45) is 0.829. The number of carbonyl (C=O) groups excluding carboxylic acids is 1. The number of rotatable bonds is 5. The molecule has 0 spiro atoms. The first-order chi connectivity index (χ1) is 5.57. The summed E-state index contributed by atoms with van der Waals surface area (Å²) in [6.45, 7) is 7.61. The van der Waals surface area contributed by atoms with E-state index in [4.69, 9.17) is 4.74 Å². The number of hydrogen-bond donors (Lipinski definition) is 1. The molecular weight excluding hydrogens is 190 g/mol. The lowest BCUT2D eigenvalue weighted by Crippen LogP contribution is -2.23. The fraction of sp³-hybridized carbons (Fsp3) is 0.667. The Labute approximate surface area is 85.9 Å². The molecule has 1 atom stereocenters. The van der Waals surface area contributed by atoms with Gasteiger partial charge in [-0.3, -0.25) is 0 Å². The van der Waals surface area contributed by atoms with Crippen LogP contribution < -0.4 is 5.32 Å². The summed E-state index contributed by atoms with van der Waals surface area (Å²) < 4.78 is 4.90. The number of carbonyl (C=O) groups is 1. The number of nitrogens with one attached hydrogen (secondary N) is 1. The van der Waals surface area contributed by atoms with Crippen LogP contribution in [0.3, 0.4) is 0 Å². The van der Waals surface area contributed by atoms with E-state index in [0.29, 0.717) is 18.2 Å². The normalized spacial score (nSPS) is 11.3. The zero-order valence-electron chi connectivity index (χ0n) is 8.42. The Bertz CT molecular complexity index is 171. The standard InChI is InChI=1S/C9H17NO2.ClH/c1-7(2)9(11)12-6-5-8(3)10-4;/h8,10H,1,5-6H2,2-4H3;1H. The SMILES string of the molecule is C=C(C)C(=O)OCCC(C)NC.Cl. The van der Waals surface area contributed by atoms with E-state index in [0.717, 1.165) is 6.42 Å². The van der Waals surface area contributed by atoms with Gasteiger partial charge in [0.1, 0.15) is 0 Å². The Kier molecular flexibility index (Phi) is 9.29. The summed E-state index contributed by atoms with van der Waals surface area (Å²) in [5.74, 6) is -0.307. The van der Waals surface area contributed by atoms with Crippen LogP contribution in [-0.4, -0.2) is 25.7 Å². The van der Waals surface area contributed by atoms with Crippen LogP contribution in [0.15, 0.2) is 12.2 Å². The molecule has 0 fully saturated rings. The third-order valence-corrected chi connectivity index (χ3v) is 1.63. The lowest BCUT2D eigenvalue weighted by molar-refractivity contribution is -0.139. The molecule has 0 aromatic heterocycles. The molecular formula is C9H18ClNO2. The van der Waals surface area contributed by atoms with Gasteiger partial charge in [-0.1, -0.05) is 6.58 Å². The average molecular weight is 208 g/mol. The van der Waals surface area contributed by atoms with E-state index < -0.39 is 0 Å². The van der Waals surface area contributed by atoms with E-state index in [1.807, 2.05) is 14.0 Å². The molecule has 0 rings (SSSR count). The predicted molar refractivity (Wildman–Crippen MR) is 56.2 cm³/mol. The number of ether oxygens (including phenoxy) is 1. The molecule has 0 radical (unpaired) electrons. The van der Waals surface area contributed by atoms with Crippen molar-refractivity contribution in [3.05, 3.63) is 12.2 Å². The Hall–Kier alpha value is -0.540. The van der Waals surface area contributed by atoms with E-state index in [1.165, 1.54) is 0 Å². The molecule has 1 N–H and O–H groups in total. The maximum Gasteiger partial charge on any atom is 0.333 e. The van der Waals surface area contributed by atoms with Crippen LogP contribution >= 0.6 is 12.4 Å². The van der Waals surface area contributed by atoms with Crippen molar-refractivity contribution in [2.75, 3.05) is 13.7 Å². The van der Waals surface area contributed by atoms with Gasteiger partial charge in [-0.05, 0) is 27.3 Å². The van der Waals surface area contributed by atoms with E-state index in [1.54, 1.807) is 6.92 Å². The molecule has 0 aliphatic heterocycles. The maximum atomic E-state index is 10.9. The molecule has 3 nitrogen and oxygen atoms in total. The van der Waals surface area contributed by atoms with Crippen molar-refractivity contribution in [2.45, 2.75) is 26.3 Å². The molecule has 78 valence electrons. The second-order valence-corrected chi connectivity index (χ2v) is 2.89. The van der Waals surface area contributed by atoms with Gasteiger partial charge in [-0.15, -0.1) is 12.4 Å². The molecule has 0 amide bonds. The van der Waals surface area contributed by atoms with Crippen LogP contribution in [-0.2, 0) is 9.53 Å². The van der Waals surface area contributed by atoms with Crippen molar-refractivity contribution >= 4 is 18.4 Å². The number of esters is 1. The molecule has 0 aliphatic carbocycles. The summed E-state index contributed by atoms with van der Waals surface area (Å²) in [6, 6.07) is 0.378. The van der Waals surface area contributed by atoms with Crippen molar-refractivity contribution in [3.8, 4) is 0 Å². The van der Waals surface area contributed by atoms with E-state index in [-0.39, 0.29) is 18.4 Å². The minimum atomic E-state index is -0.307. The molecule has 0 aromatic rings. The molecule has 0 saturated carbocycles. The zero-order chi connectivity index (χ0) is 9.56. The summed E-state index contributed by atoms with van der Waals surface area (Å²) in [7, 11) is 1.88.